The van der Waals surface area contributed by atoms with E-state index < -0.39 is 0 Å². The molecule has 1 aliphatic carbocycles. The number of rotatable bonds is 3. The summed E-state index contributed by atoms with van der Waals surface area (Å²) in [7, 11) is 0. The van der Waals surface area contributed by atoms with Crippen molar-refractivity contribution >= 4 is 5.91 Å². The topological polar surface area (TPSA) is 73.1 Å². The van der Waals surface area contributed by atoms with Crippen LogP contribution in [0.25, 0.3) is 0 Å². The van der Waals surface area contributed by atoms with Gasteiger partial charge < -0.3 is 10.4 Å². The molecule has 0 aliphatic heterocycles. The molecule has 2 N–H and O–H groups in total. The Morgan fingerprint density at radius 3 is 3.00 bits per heavy atom. The molecular weight excluding hydrogens is 168 g/mol. The van der Waals surface area contributed by atoms with Gasteiger partial charge in [0.1, 0.15) is 6.54 Å². The van der Waals surface area contributed by atoms with Crippen LogP contribution in [0.3, 0.4) is 0 Å². The largest absolute Gasteiger partial charge is 0.396 e. The number of hydrogen-bond acceptors (Lipinski definition) is 3. The molecule has 0 aromatic heterocycles. The Bertz CT molecular complexity index is 222. The number of carbonyl (C=O) groups excluding carboxylic acids is 1. The fourth-order valence-corrected chi connectivity index (χ4v) is 1.86. The summed E-state index contributed by atoms with van der Waals surface area (Å²) in [5.41, 5.74) is 0. The number of aliphatic hydroxyl groups excluding tert-OH is 1. The molecule has 4 heteroatoms. The highest BCUT2D eigenvalue weighted by atomic mass is 16.3. The van der Waals surface area contributed by atoms with Crippen molar-refractivity contribution in [3.8, 4) is 6.07 Å². The average Bonchev–Trinajstić information content (AvgIpc) is 2.61. The lowest BCUT2D eigenvalue weighted by Gasteiger charge is -2.15. The zero-order valence-corrected chi connectivity index (χ0v) is 7.49. The van der Waals surface area contributed by atoms with Crippen molar-refractivity contribution in [1.29, 1.82) is 5.26 Å². The monoisotopic (exact) mass is 182 g/mol. The number of nitrogens with one attached hydrogen (secondary N) is 1. The predicted molar refractivity (Wildman–Crippen MR) is 46.5 cm³/mol. The first-order valence-corrected chi connectivity index (χ1v) is 4.55. The molecule has 0 aromatic rings. The third-order valence-corrected chi connectivity index (χ3v) is 2.57. The van der Waals surface area contributed by atoms with Gasteiger partial charge in [0, 0.05) is 12.5 Å². The molecule has 1 saturated carbocycles. The van der Waals surface area contributed by atoms with E-state index in [9.17, 15) is 4.79 Å². The number of aliphatic hydroxyl groups is 1. The smallest absolute Gasteiger partial charge is 0.224 e. The first kappa shape index (κ1) is 10.0. The first-order valence-electron chi connectivity index (χ1n) is 4.55. The molecular formula is C9H14N2O2. The summed E-state index contributed by atoms with van der Waals surface area (Å²) in [4.78, 5) is 11.4. The van der Waals surface area contributed by atoms with Gasteiger partial charge in [-0.3, -0.25) is 4.79 Å². The number of nitriles is 1. The molecule has 13 heavy (non-hydrogen) atoms. The summed E-state index contributed by atoms with van der Waals surface area (Å²) < 4.78 is 0. The fourth-order valence-electron chi connectivity index (χ4n) is 1.86. The maximum absolute atomic E-state index is 11.4. The number of carbonyl (C=O) groups is 1. The number of nitrogens with zero attached hydrogens (tertiary/aromatic N) is 1. The summed E-state index contributed by atoms with van der Waals surface area (Å²) in [6, 6.07) is 1.86. The van der Waals surface area contributed by atoms with Crippen molar-refractivity contribution < 1.29 is 9.90 Å². The molecule has 4 nitrogen and oxygen atoms in total. The van der Waals surface area contributed by atoms with Gasteiger partial charge in [-0.1, -0.05) is 6.42 Å². The van der Waals surface area contributed by atoms with Crippen molar-refractivity contribution in [3.05, 3.63) is 0 Å². The van der Waals surface area contributed by atoms with Crippen LogP contribution in [0.4, 0.5) is 0 Å². The molecule has 0 spiro atoms. The predicted octanol–water partition coefficient (Wildman–Crippen LogP) is 0.0348. The van der Waals surface area contributed by atoms with E-state index in [1.54, 1.807) is 0 Å². The van der Waals surface area contributed by atoms with Gasteiger partial charge in [0.25, 0.3) is 0 Å². The summed E-state index contributed by atoms with van der Waals surface area (Å²) in [5.74, 6) is -0.0739. The quantitative estimate of drug-likeness (QED) is 0.605. The van der Waals surface area contributed by atoms with Crippen LogP contribution < -0.4 is 5.32 Å². The summed E-state index contributed by atoms with van der Waals surface area (Å²) in [6.45, 7) is 0.137. The second-order valence-electron chi connectivity index (χ2n) is 3.36. The average molecular weight is 182 g/mol. The molecule has 1 fully saturated rings. The highest BCUT2D eigenvalue weighted by Crippen LogP contribution is 2.31. The molecule has 0 aromatic carbocycles. The van der Waals surface area contributed by atoms with E-state index >= 15 is 0 Å². The maximum Gasteiger partial charge on any atom is 0.224 e. The normalized spacial score (nSPS) is 26.8. The van der Waals surface area contributed by atoms with Gasteiger partial charge >= 0.3 is 0 Å². The zero-order chi connectivity index (χ0) is 9.68. The van der Waals surface area contributed by atoms with Gasteiger partial charge in [0.15, 0.2) is 0 Å². The molecule has 2 atom stereocenters. The van der Waals surface area contributed by atoms with Crippen LogP contribution in [0.2, 0.25) is 0 Å². The van der Waals surface area contributed by atoms with E-state index in [2.05, 4.69) is 5.32 Å². The van der Waals surface area contributed by atoms with Crippen molar-refractivity contribution in [2.45, 2.75) is 19.3 Å². The Morgan fingerprint density at radius 2 is 2.38 bits per heavy atom. The molecule has 0 unspecified atom stereocenters. The van der Waals surface area contributed by atoms with Gasteiger partial charge in [-0.15, -0.1) is 0 Å². The highest BCUT2D eigenvalue weighted by molar-refractivity contribution is 5.79. The third-order valence-electron chi connectivity index (χ3n) is 2.57. The second kappa shape index (κ2) is 4.83. The minimum absolute atomic E-state index is 0.0630. The van der Waals surface area contributed by atoms with E-state index in [1.807, 2.05) is 6.07 Å². The van der Waals surface area contributed by atoms with Crippen molar-refractivity contribution in [1.82, 2.24) is 5.32 Å². The minimum Gasteiger partial charge on any atom is -0.396 e. The Hall–Kier alpha value is -1.08. The maximum atomic E-state index is 11.4. The van der Waals surface area contributed by atoms with E-state index in [4.69, 9.17) is 10.4 Å². The standard InChI is InChI=1S/C9H14N2O2/c10-4-5-11-9(13)8-3-1-2-7(8)6-12/h7-8,12H,1-3,5-6H2,(H,11,13)/t7-,8+/m1/s1. The van der Waals surface area contributed by atoms with E-state index in [0.717, 1.165) is 19.3 Å². The Kier molecular flexibility index (Phi) is 3.71. The van der Waals surface area contributed by atoms with Gasteiger partial charge in [-0.05, 0) is 18.8 Å². The molecule has 0 radical (unpaired) electrons. The third kappa shape index (κ3) is 2.43. The van der Waals surface area contributed by atoms with Crippen molar-refractivity contribution in [3.63, 3.8) is 0 Å². The summed E-state index contributed by atoms with van der Waals surface area (Å²) in [6.07, 6.45) is 2.75. The van der Waals surface area contributed by atoms with Gasteiger partial charge in [-0.2, -0.15) is 5.26 Å². The van der Waals surface area contributed by atoms with Crippen LogP contribution in [0.15, 0.2) is 0 Å². The van der Waals surface area contributed by atoms with Crippen LogP contribution in [-0.2, 0) is 4.79 Å². The van der Waals surface area contributed by atoms with E-state index in [1.165, 1.54) is 0 Å². The first-order chi connectivity index (χ1) is 6.29. The van der Waals surface area contributed by atoms with Crippen molar-refractivity contribution in [2.24, 2.45) is 11.8 Å². The molecule has 0 heterocycles. The Labute approximate surface area is 77.6 Å². The Balaban J connectivity index is 2.41. The summed E-state index contributed by atoms with van der Waals surface area (Å²) in [5, 5.41) is 19.8. The van der Waals surface area contributed by atoms with Gasteiger partial charge in [-0.25, -0.2) is 0 Å². The van der Waals surface area contributed by atoms with Crippen molar-refractivity contribution in [2.75, 3.05) is 13.2 Å². The molecule has 1 amide bonds. The van der Waals surface area contributed by atoms with Crippen LogP contribution in [-0.4, -0.2) is 24.2 Å². The molecule has 0 bridgehead atoms. The van der Waals surface area contributed by atoms with Gasteiger partial charge in [0.05, 0.1) is 6.07 Å². The highest BCUT2D eigenvalue weighted by Gasteiger charge is 2.31. The molecule has 72 valence electrons. The minimum atomic E-state index is -0.0851. The lowest BCUT2D eigenvalue weighted by molar-refractivity contribution is -0.126. The van der Waals surface area contributed by atoms with Crippen LogP contribution in [0.5, 0.6) is 0 Å². The lowest BCUT2D eigenvalue weighted by Crippen LogP contribution is -2.33. The molecule has 1 aliphatic rings. The second-order valence-corrected chi connectivity index (χ2v) is 3.36. The fraction of sp³-hybridized carbons (Fsp3) is 0.778. The number of hydrogen-bond donors (Lipinski definition) is 2. The van der Waals surface area contributed by atoms with Crippen LogP contribution >= 0.6 is 0 Å². The Morgan fingerprint density at radius 1 is 1.62 bits per heavy atom. The van der Waals surface area contributed by atoms with Crippen LogP contribution in [0, 0.1) is 23.2 Å². The zero-order valence-electron chi connectivity index (χ0n) is 7.49. The molecule has 0 saturated heterocycles. The SMILES string of the molecule is N#CCNC(=O)[C@H]1CCC[C@@H]1CO. The van der Waals surface area contributed by atoms with E-state index in [0.29, 0.717) is 0 Å². The van der Waals surface area contributed by atoms with Gasteiger partial charge in [0.2, 0.25) is 5.91 Å². The molecule has 1 rings (SSSR count). The van der Waals surface area contributed by atoms with E-state index in [-0.39, 0.29) is 30.9 Å². The summed E-state index contributed by atoms with van der Waals surface area (Å²) >= 11 is 0. The number of amides is 1. The lowest BCUT2D eigenvalue weighted by atomic mass is 9.96. The van der Waals surface area contributed by atoms with Crippen LogP contribution in [0.1, 0.15) is 19.3 Å².